The number of carbonyl (C=O) groups is 1. The molecule has 0 aromatic rings. The molecule has 2 aliphatic heterocycles. The maximum Gasteiger partial charge on any atom is 0.294 e. The van der Waals surface area contributed by atoms with E-state index in [2.05, 4.69) is 27.8 Å². The van der Waals surface area contributed by atoms with E-state index in [1.807, 2.05) is 0 Å². The van der Waals surface area contributed by atoms with Crippen LogP contribution in [0.15, 0.2) is 29.8 Å². The summed E-state index contributed by atoms with van der Waals surface area (Å²) in [4.78, 5) is 15.5. The van der Waals surface area contributed by atoms with Crippen molar-refractivity contribution in [1.82, 2.24) is 15.1 Å². The zero-order valence-corrected chi connectivity index (χ0v) is 10.9. The Morgan fingerprint density at radius 3 is 3.00 bits per heavy atom. The molecule has 4 atom stereocenters. The minimum absolute atomic E-state index is 0.205. The quantitative estimate of drug-likeness (QED) is 0.289. The van der Waals surface area contributed by atoms with Gasteiger partial charge in [0.25, 0.3) is 11.6 Å². The second-order valence-corrected chi connectivity index (χ2v) is 4.51. The molecule has 0 aromatic heterocycles. The Hall–Kier alpha value is -2.50. The van der Waals surface area contributed by atoms with Crippen LogP contribution in [0.5, 0.6) is 0 Å². The van der Waals surface area contributed by atoms with E-state index in [4.69, 9.17) is 16.7 Å². The fourth-order valence-corrected chi connectivity index (χ4v) is 2.25. The molecule has 1 saturated heterocycles. The molecule has 0 saturated carbocycles. The van der Waals surface area contributed by atoms with Gasteiger partial charge < -0.3 is 25.2 Å². The average Bonchev–Trinajstić information content (AvgIpc) is 2.72. The van der Waals surface area contributed by atoms with E-state index in [-0.39, 0.29) is 11.7 Å². The van der Waals surface area contributed by atoms with Gasteiger partial charge in [0.05, 0.1) is 5.92 Å². The summed E-state index contributed by atoms with van der Waals surface area (Å²) in [5.41, 5.74) is 4.97. The van der Waals surface area contributed by atoms with Crippen molar-refractivity contribution in [2.45, 2.75) is 18.1 Å². The first kappa shape index (κ1) is 14.9. The normalized spacial score (nSPS) is 35.1. The first-order chi connectivity index (χ1) is 9.99. The molecule has 9 nitrogen and oxygen atoms in total. The number of hydrogen-bond acceptors (Lipinski definition) is 7. The molecule has 0 spiro atoms. The lowest BCUT2D eigenvalue weighted by Crippen LogP contribution is -2.44. The van der Waals surface area contributed by atoms with Gasteiger partial charge in [-0.15, -0.1) is 6.42 Å². The number of aliphatic hydroxyl groups is 2. The van der Waals surface area contributed by atoms with Gasteiger partial charge in [-0.2, -0.15) is 0 Å². The number of nitrogens with zero attached hydrogens (tertiary/aromatic N) is 3. The van der Waals surface area contributed by atoms with E-state index >= 15 is 0 Å². The van der Waals surface area contributed by atoms with Crippen molar-refractivity contribution in [3.63, 3.8) is 0 Å². The standard InChI is InChI=1S/C12H13N5O4/c1-3-8-10(20)12(6-18,15-16-13)21-11(8)17-5-4-9(19)14-7(17)2/h1,4-5,8,10-11,13,18,20H,2,6H2/p+1/t8-,10-,11+,12+/m0/s1. The number of amides is 1. The van der Waals surface area contributed by atoms with Gasteiger partial charge in [-0.3, -0.25) is 4.79 Å². The van der Waals surface area contributed by atoms with Crippen molar-refractivity contribution < 1.29 is 19.7 Å². The van der Waals surface area contributed by atoms with Crippen LogP contribution in [0.1, 0.15) is 0 Å². The van der Waals surface area contributed by atoms with Crippen LogP contribution in [0.25, 0.3) is 0 Å². The van der Waals surface area contributed by atoms with Gasteiger partial charge in [0, 0.05) is 12.3 Å². The predicted molar refractivity (Wildman–Crippen MR) is 68.6 cm³/mol. The SMILES string of the molecule is C#C[C@@H]1[C@H](N2C=CC(=O)NC2=C)O[C@@](CO)(N=[N+]=N)[C@H]1O. The van der Waals surface area contributed by atoms with Crippen LogP contribution in [0.3, 0.4) is 0 Å². The maximum absolute atomic E-state index is 11.2. The topological polar surface area (TPSA) is 132 Å². The summed E-state index contributed by atoms with van der Waals surface area (Å²) >= 11 is 0. The number of nitrogens with one attached hydrogen (secondary N) is 2. The molecule has 0 radical (unpaired) electrons. The van der Waals surface area contributed by atoms with Crippen LogP contribution in [0.4, 0.5) is 0 Å². The highest BCUT2D eigenvalue weighted by atomic mass is 16.6. The lowest BCUT2D eigenvalue weighted by atomic mass is 9.96. The second kappa shape index (κ2) is 5.47. The van der Waals surface area contributed by atoms with Gasteiger partial charge in [-0.25, -0.2) is 0 Å². The Labute approximate surface area is 120 Å². The molecular weight excluding hydrogens is 278 g/mol. The van der Waals surface area contributed by atoms with Gasteiger partial charge in [0.15, 0.2) is 11.3 Å². The summed E-state index contributed by atoms with van der Waals surface area (Å²) in [6, 6.07) is 0. The molecule has 2 aliphatic rings. The Balaban J connectivity index is 2.39. The fraction of sp³-hybridized carbons (Fsp3) is 0.417. The van der Waals surface area contributed by atoms with Crippen molar-refractivity contribution in [3.05, 3.63) is 24.7 Å². The fourth-order valence-electron chi connectivity index (χ4n) is 2.25. The zero-order valence-electron chi connectivity index (χ0n) is 10.9. The number of carbonyl (C=O) groups excluding carboxylic acids is 1. The molecule has 0 bridgehead atoms. The molecule has 21 heavy (non-hydrogen) atoms. The third kappa shape index (κ3) is 2.33. The average molecular weight is 292 g/mol. The van der Waals surface area contributed by atoms with Crippen molar-refractivity contribution in [2.75, 3.05) is 6.61 Å². The first-order valence-corrected chi connectivity index (χ1v) is 5.97. The van der Waals surface area contributed by atoms with Crippen LogP contribution >= 0.6 is 0 Å². The maximum atomic E-state index is 11.2. The van der Waals surface area contributed by atoms with Crippen molar-refractivity contribution in [1.29, 1.82) is 5.53 Å². The lowest BCUT2D eigenvalue weighted by molar-refractivity contribution is -0.136. The molecular formula is C12H14N5O4+. The molecule has 110 valence electrons. The Kier molecular flexibility index (Phi) is 3.88. The van der Waals surface area contributed by atoms with Gasteiger partial charge in [-0.05, 0) is 0 Å². The largest absolute Gasteiger partial charge is 0.391 e. The second-order valence-electron chi connectivity index (χ2n) is 4.51. The predicted octanol–water partition coefficient (Wildman–Crippen LogP) is -1.39. The smallest absolute Gasteiger partial charge is 0.294 e. The lowest BCUT2D eigenvalue weighted by Gasteiger charge is -2.32. The highest BCUT2D eigenvalue weighted by Gasteiger charge is 2.60. The molecule has 2 rings (SSSR count). The number of aliphatic hydroxyl groups excluding tert-OH is 2. The van der Waals surface area contributed by atoms with Crippen molar-refractivity contribution in [3.8, 4) is 12.3 Å². The van der Waals surface area contributed by atoms with E-state index in [9.17, 15) is 15.0 Å². The van der Waals surface area contributed by atoms with Gasteiger partial charge >= 0.3 is 0 Å². The summed E-state index contributed by atoms with van der Waals surface area (Å²) in [6.45, 7) is 2.96. The minimum Gasteiger partial charge on any atom is -0.391 e. The Morgan fingerprint density at radius 1 is 1.76 bits per heavy atom. The first-order valence-electron chi connectivity index (χ1n) is 5.97. The Morgan fingerprint density at radius 2 is 2.48 bits per heavy atom. The molecule has 0 aromatic carbocycles. The molecule has 4 N–H and O–H groups in total. The molecule has 1 fully saturated rings. The van der Waals surface area contributed by atoms with Crippen LogP contribution in [-0.4, -0.2) is 45.7 Å². The van der Waals surface area contributed by atoms with Gasteiger partial charge in [0.1, 0.15) is 24.1 Å². The number of ether oxygens (including phenoxy) is 1. The summed E-state index contributed by atoms with van der Waals surface area (Å²) in [5, 5.41) is 25.6. The van der Waals surface area contributed by atoms with Crippen LogP contribution in [-0.2, 0) is 9.53 Å². The number of hydrogen-bond donors (Lipinski definition) is 4. The highest BCUT2D eigenvalue weighted by Crippen LogP contribution is 2.38. The van der Waals surface area contributed by atoms with Crippen LogP contribution in [0, 0.1) is 23.8 Å². The van der Waals surface area contributed by atoms with Gasteiger partial charge in [0.2, 0.25) is 4.91 Å². The van der Waals surface area contributed by atoms with E-state index in [1.165, 1.54) is 17.2 Å². The van der Waals surface area contributed by atoms with E-state index < -0.39 is 30.6 Å². The summed E-state index contributed by atoms with van der Waals surface area (Å²) in [5.74, 6) is 1.34. The van der Waals surface area contributed by atoms with E-state index in [0.29, 0.717) is 0 Å². The van der Waals surface area contributed by atoms with Crippen LogP contribution < -0.4 is 10.2 Å². The van der Waals surface area contributed by atoms with Gasteiger partial charge in [-0.1, -0.05) is 12.5 Å². The number of rotatable bonds is 3. The zero-order chi connectivity index (χ0) is 15.6. The number of terminal acetylenes is 1. The third-order valence-corrected chi connectivity index (χ3v) is 3.31. The van der Waals surface area contributed by atoms with E-state index in [1.54, 1.807) is 0 Å². The molecule has 0 unspecified atom stereocenters. The van der Waals surface area contributed by atoms with Crippen LogP contribution in [0.2, 0.25) is 0 Å². The summed E-state index contributed by atoms with van der Waals surface area (Å²) < 4.78 is 5.54. The molecule has 9 heteroatoms. The third-order valence-electron chi connectivity index (χ3n) is 3.31. The summed E-state index contributed by atoms with van der Waals surface area (Å²) in [7, 11) is 0. The monoisotopic (exact) mass is 292 g/mol. The van der Waals surface area contributed by atoms with Crippen molar-refractivity contribution >= 4 is 5.91 Å². The summed E-state index contributed by atoms with van der Waals surface area (Å²) in [6.07, 6.45) is 5.75. The molecule has 1 amide bonds. The highest BCUT2D eigenvalue weighted by molar-refractivity contribution is 5.89. The molecule has 2 heterocycles. The molecule has 0 aliphatic carbocycles. The minimum atomic E-state index is -1.82. The van der Waals surface area contributed by atoms with Crippen molar-refractivity contribution in [2.24, 2.45) is 11.0 Å². The Bertz CT molecular complexity index is 591. The van der Waals surface area contributed by atoms with E-state index in [0.717, 1.165) is 0 Å².